The summed E-state index contributed by atoms with van der Waals surface area (Å²) in [5.74, 6) is -1.50. The molecule has 7 heteroatoms. The van der Waals surface area contributed by atoms with Crippen LogP contribution in [0.4, 0.5) is 4.79 Å². The van der Waals surface area contributed by atoms with Gasteiger partial charge in [-0.15, -0.1) is 0 Å². The van der Waals surface area contributed by atoms with Gasteiger partial charge in [0.05, 0.1) is 7.11 Å². The molecular weight excluding hydrogens is 280 g/mol. The molecule has 118 valence electrons. The third-order valence-corrected chi connectivity index (χ3v) is 2.92. The first-order valence-corrected chi connectivity index (χ1v) is 6.85. The molecule has 1 aliphatic rings. The molecule has 1 rings (SSSR count). The van der Waals surface area contributed by atoms with Gasteiger partial charge in [0.1, 0.15) is 6.10 Å². The van der Waals surface area contributed by atoms with E-state index in [9.17, 15) is 14.4 Å². The van der Waals surface area contributed by atoms with Gasteiger partial charge in [0.2, 0.25) is 6.29 Å². The number of hydrogen-bond acceptors (Lipinski definition) is 7. The van der Waals surface area contributed by atoms with Gasteiger partial charge in [0.25, 0.3) is 0 Å². The van der Waals surface area contributed by atoms with E-state index in [1.54, 1.807) is 0 Å². The van der Waals surface area contributed by atoms with E-state index in [0.29, 0.717) is 0 Å². The van der Waals surface area contributed by atoms with Crippen molar-refractivity contribution >= 4 is 18.1 Å². The van der Waals surface area contributed by atoms with Gasteiger partial charge in [-0.2, -0.15) is 0 Å². The number of methoxy groups -OCH3 is 1. The molecule has 0 aromatic carbocycles. The number of esters is 2. The highest BCUT2D eigenvalue weighted by atomic mass is 16.8. The van der Waals surface area contributed by atoms with Crippen molar-refractivity contribution in [1.82, 2.24) is 0 Å². The molecule has 1 unspecified atom stereocenters. The van der Waals surface area contributed by atoms with Crippen molar-refractivity contribution in [2.45, 2.75) is 51.4 Å². The second-order valence-electron chi connectivity index (χ2n) is 4.61. The SMILES string of the molecule is COC(=O)/C=C/C(=O)OC(C)OC(=O)OC1CCCCC1. The average Bonchev–Trinajstić information content (AvgIpc) is 2.45. The largest absolute Gasteiger partial charge is 0.511 e. The standard InChI is InChI=1S/C14H20O7/c1-10(19-13(16)9-8-12(15)18-2)20-14(17)21-11-6-4-3-5-7-11/h8-11H,3-7H2,1-2H3/b9-8+. The summed E-state index contributed by atoms with van der Waals surface area (Å²) in [5.41, 5.74) is 0. The zero-order valence-corrected chi connectivity index (χ0v) is 12.2. The minimum absolute atomic E-state index is 0.131. The lowest BCUT2D eigenvalue weighted by atomic mass is 9.98. The summed E-state index contributed by atoms with van der Waals surface area (Å²) in [4.78, 5) is 33.6. The minimum Gasteiger partial charge on any atom is -0.466 e. The summed E-state index contributed by atoms with van der Waals surface area (Å²) >= 11 is 0. The molecule has 0 aromatic rings. The zero-order chi connectivity index (χ0) is 15.7. The fourth-order valence-electron chi connectivity index (χ4n) is 1.91. The molecule has 0 aliphatic heterocycles. The molecule has 0 saturated heterocycles. The second-order valence-corrected chi connectivity index (χ2v) is 4.61. The van der Waals surface area contributed by atoms with E-state index in [0.717, 1.165) is 44.3 Å². The van der Waals surface area contributed by atoms with Gasteiger partial charge in [-0.25, -0.2) is 14.4 Å². The molecule has 0 radical (unpaired) electrons. The van der Waals surface area contributed by atoms with Crippen LogP contribution in [-0.2, 0) is 28.5 Å². The molecule has 0 bridgehead atoms. The Balaban J connectivity index is 2.26. The maximum Gasteiger partial charge on any atom is 0.511 e. The van der Waals surface area contributed by atoms with Gasteiger partial charge in [-0.3, -0.25) is 0 Å². The van der Waals surface area contributed by atoms with E-state index >= 15 is 0 Å². The van der Waals surface area contributed by atoms with Crippen LogP contribution in [0.2, 0.25) is 0 Å². The van der Waals surface area contributed by atoms with Crippen molar-refractivity contribution < 1.29 is 33.3 Å². The van der Waals surface area contributed by atoms with Crippen LogP contribution in [-0.4, -0.2) is 37.6 Å². The second kappa shape index (κ2) is 8.99. The summed E-state index contributed by atoms with van der Waals surface area (Å²) in [5, 5.41) is 0. The lowest BCUT2D eigenvalue weighted by molar-refractivity contribution is -0.163. The minimum atomic E-state index is -1.10. The first kappa shape index (κ1) is 17.0. The number of ether oxygens (including phenoxy) is 4. The first-order valence-electron chi connectivity index (χ1n) is 6.85. The van der Waals surface area contributed by atoms with E-state index in [2.05, 4.69) is 4.74 Å². The molecule has 7 nitrogen and oxygen atoms in total. The van der Waals surface area contributed by atoms with E-state index in [1.807, 2.05) is 0 Å². The van der Waals surface area contributed by atoms with Crippen LogP contribution in [0.1, 0.15) is 39.0 Å². The van der Waals surface area contributed by atoms with Gasteiger partial charge < -0.3 is 18.9 Å². The van der Waals surface area contributed by atoms with Crippen LogP contribution in [0.3, 0.4) is 0 Å². The van der Waals surface area contributed by atoms with Crippen LogP contribution >= 0.6 is 0 Å². The highest BCUT2D eigenvalue weighted by Gasteiger charge is 2.21. The predicted octanol–water partition coefficient (Wildman–Crippen LogP) is 2.09. The Hall–Kier alpha value is -2.05. The Kier molecular flexibility index (Phi) is 7.28. The lowest BCUT2D eigenvalue weighted by Gasteiger charge is -2.22. The Labute approximate surface area is 123 Å². The van der Waals surface area contributed by atoms with E-state index in [4.69, 9.17) is 14.2 Å². The van der Waals surface area contributed by atoms with Gasteiger partial charge in [-0.1, -0.05) is 6.42 Å². The molecule has 0 spiro atoms. The quantitative estimate of drug-likeness (QED) is 0.332. The molecule has 0 amide bonds. The van der Waals surface area contributed by atoms with E-state index < -0.39 is 24.4 Å². The van der Waals surface area contributed by atoms with Crippen molar-refractivity contribution in [3.05, 3.63) is 12.2 Å². The van der Waals surface area contributed by atoms with Gasteiger partial charge in [-0.05, 0) is 25.7 Å². The summed E-state index contributed by atoms with van der Waals surface area (Å²) in [6.07, 6.45) is 4.56. The summed E-state index contributed by atoms with van der Waals surface area (Å²) in [7, 11) is 1.19. The average molecular weight is 300 g/mol. The zero-order valence-electron chi connectivity index (χ0n) is 12.2. The summed E-state index contributed by atoms with van der Waals surface area (Å²) < 4.78 is 19.0. The molecular formula is C14H20O7. The molecule has 0 heterocycles. The fraction of sp³-hybridized carbons (Fsp3) is 0.643. The van der Waals surface area contributed by atoms with Crippen molar-refractivity contribution in [3.8, 4) is 0 Å². The first-order chi connectivity index (χ1) is 10.0. The molecule has 0 aromatic heterocycles. The van der Waals surface area contributed by atoms with Crippen molar-refractivity contribution in [3.63, 3.8) is 0 Å². The maximum absolute atomic E-state index is 11.5. The molecule has 1 aliphatic carbocycles. The fourth-order valence-corrected chi connectivity index (χ4v) is 1.91. The third-order valence-electron chi connectivity index (χ3n) is 2.92. The van der Waals surface area contributed by atoms with Crippen molar-refractivity contribution in [2.75, 3.05) is 7.11 Å². The topological polar surface area (TPSA) is 88.1 Å². The molecule has 21 heavy (non-hydrogen) atoms. The Morgan fingerprint density at radius 1 is 1.00 bits per heavy atom. The Morgan fingerprint density at radius 2 is 1.62 bits per heavy atom. The molecule has 0 N–H and O–H groups in total. The number of carbonyl (C=O) groups is 3. The Morgan fingerprint density at radius 3 is 2.24 bits per heavy atom. The third kappa shape index (κ3) is 7.34. The van der Waals surface area contributed by atoms with Crippen LogP contribution in [0.5, 0.6) is 0 Å². The number of rotatable bonds is 5. The van der Waals surface area contributed by atoms with Crippen LogP contribution in [0.25, 0.3) is 0 Å². The summed E-state index contributed by atoms with van der Waals surface area (Å²) in [6, 6.07) is 0. The molecule has 1 fully saturated rings. The van der Waals surface area contributed by atoms with Crippen molar-refractivity contribution in [1.29, 1.82) is 0 Å². The van der Waals surface area contributed by atoms with Crippen LogP contribution in [0.15, 0.2) is 12.2 Å². The van der Waals surface area contributed by atoms with Gasteiger partial charge in [0.15, 0.2) is 0 Å². The Bertz CT molecular complexity index is 396. The monoisotopic (exact) mass is 300 g/mol. The molecule has 1 saturated carbocycles. The van der Waals surface area contributed by atoms with Gasteiger partial charge in [0, 0.05) is 19.1 Å². The normalized spacial score (nSPS) is 17.0. The maximum atomic E-state index is 11.5. The lowest BCUT2D eigenvalue weighted by Crippen LogP contribution is -2.26. The molecule has 1 atom stereocenters. The van der Waals surface area contributed by atoms with E-state index in [1.165, 1.54) is 14.0 Å². The van der Waals surface area contributed by atoms with Crippen LogP contribution in [0, 0.1) is 0 Å². The number of carbonyl (C=O) groups excluding carboxylic acids is 3. The number of hydrogen-bond donors (Lipinski definition) is 0. The predicted molar refractivity (Wildman–Crippen MR) is 71.1 cm³/mol. The van der Waals surface area contributed by atoms with Crippen LogP contribution < -0.4 is 0 Å². The highest BCUT2D eigenvalue weighted by molar-refractivity contribution is 5.91. The summed E-state index contributed by atoms with van der Waals surface area (Å²) in [6.45, 7) is 1.38. The smallest absolute Gasteiger partial charge is 0.466 e. The van der Waals surface area contributed by atoms with E-state index in [-0.39, 0.29) is 6.10 Å². The van der Waals surface area contributed by atoms with Crippen molar-refractivity contribution in [2.24, 2.45) is 0 Å². The highest BCUT2D eigenvalue weighted by Crippen LogP contribution is 2.20. The van der Waals surface area contributed by atoms with Gasteiger partial charge >= 0.3 is 18.1 Å².